The van der Waals surface area contributed by atoms with Crippen molar-refractivity contribution in [2.24, 2.45) is 5.92 Å². The molecule has 144 valence electrons. The zero-order valence-electron chi connectivity index (χ0n) is 16.4. The molecule has 28 heavy (non-hydrogen) atoms. The summed E-state index contributed by atoms with van der Waals surface area (Å²) in [5, 5.41) is 5.14. The molecular weight excluding hydrogens is 350 g/mol. The normalized spacial score (nSPS) is 14.8. The molecule has 0 bridgehead atoms. The monoisotopic (exact) mass is 375 g/mol. The molecule has 1 N–H and O–H groups in total. The Morgan fingerprint density at radius 2 is 1.89 bits per heavy atom. The molecule has 6 nitrogen and oxygen atoms in total. The minimum absolute atomic E-state index is 0.0831. The number of nitrogens with zero attached hydrogens (tertiary/aromatic N) is 4. The van der Waals surface area contributed by atoms with E-state index in [1.807, 2.05) is 37.3 Å². The fourth-order valence-corrected chi connectivity index (χ4v) is 3.93. The first kappa shape index (κ1) is 18.3. The summed E-state index contributed by atoms with van der Waals surface area (Å²) in [6.07, 6.45) is 12.3. The van der Waals surface area contributed by atoms with Crippen molar-refractivity contribution in [2.45, 2.75) is 32.1 Å². The second-order valence-electron chi connectivity index (χ2n) is 7.57. The van der Waals surface area contributed by atoms with Crippen LogP contribution < -0.4 is 10.2 Å². The minimum Gasteiger partial charge on any atom is -0.374 e. The number of hydrogen-bond acceptors (Lipinski definition) is 5. The van der Waals surface area contributed by atoms with Crippen molar-refractivity contribution in [2.75, 3.05) is 24.3 Å². The highest BCUT2D eigenvalue weighted by Gasteiger charge is 2.23. The van der Waals surface area contributed by atoms with Crippen molar-refractivity contribution in [1.82, 2.24) is 15.0 Å². The molecule has 1 aliphatic rings. The van der Waals surface area contributed by atoms with E-state index in [9.17, 15) is 4.79 Å². The van der Waals surface area contributed by atoms with Crippen molar-refractivity contribution in [1.29, 1.82) is 0 Å². The first-order chi connectivity index (χ1) is 13.6. The zero-order valence-corrected chi connectivity index (χ0v) is 16.4. The van der Waals surface area contributed by atoms with E-state index in [0.29, 0.717) is 5.82 Å². The first-order valence-electron chi connectivity index (χ1n) is 9.81. The lowest BCUT2D eigenvalue weighted by molar-refractivity contribution is -0.120. The van der Waals surface area contributed by atoms with Gasteiger partial charge in [0.05, 0.1) is 17.6 Å². The smallest absolute Gasteiger partial charge is 0.228 e. The van der Waals surface area contributed by atoms with Gasteiger partial charge in [-0.3, -0.25) is 14.8 Å². The first-order valence-corrected chi connectivity index (χ1v) is 9.81. The van der Waals surface area contributed by atoms with Crippen LogP contribution in [0.5, 0.6) is 0 Å². The maximum Gasteiger partial charge on any atom is 0.228 e. The third kappa shape index (κ3) is 3.67. The molecule has 0 saturated heterocycles. The molecule has 3 aromatic rings. The van der Waals surface area contributed by atoms with E-state index in [0.717, 1.165) is 53.4 Å². The van der Waals surface area contributed by atoms with Gasteiger partial charge in [-0.1, -0.05) is 31.4 Å². The summed E-state index contributed by atoms with van der Waals surface area (Å²) in [4.78, 5) is 27.9. The molecule has 0 spiro atoms. The van der Waals surface area contributed by atoms with Crippen LogP contribution in [-0.4, -0.2) is 35.0 Å². The molecule has 1 fully saturated rings. The number of benzene rings is 1. The van der Waals surface area contributed by atoms with Crippen LogP contribution in [0.4, 0.5) is 11.5 Å². The van der Waals surface area contributed by atoms with Gasteiger partial charge in [0.1, 0.15) is 0 Å². The maximum absolute atomic E-state index is 12.8. The molecule has 1 aromatic carbocycles. The summed E-state index contributed by atoms with van der Waals surface area (Å²) in [6.45, 7) is 0. The molecule has 0 unspecified atom stereocenters. The lowest BCUT2D eigenvalue weighted by atomic mass is 9.88. The topological polar surface area (TPSA) is 71.0 Å². The molecule has 1 saturated carbocycles. The van der Waals surface area contributed by atoms with Gasteiger partial charge in [-0.15, -0.1) is 0 Å². The molecule has 1 aliphatic carbocycles. The Balaban J connectivity index is 1.74. The number of amides is 1. The predicted octanol–water partition coefficient (Wildman–Crippen LogP) is 4.28. The summed E-state index contributed by atoms with van der Waals surface area (Å²) in [7, 11) is 3.95. The zero-order chi connectivity index (χ0) is 19.5. The fraction of sp³-hybridized carbons (Fsp3) is 0.364. The van der Waals surface area contributed by atoms with E-state index in [1.165, 1.54) is 6.42 Å². The Morgan fingerprint density at radius 3 is 2.61 bits per heavy atom. The van der Waals surface area contributed by atoms with Crippen molar-refractivity contribution in [3.8, 4) is 11.3 Å². The Bertz CT molecular complexity index is 981. The highest BCUT2D eigenvalue weighted by Crippen LogP contribution is 2.35. The summed E-state index contributed by atoms with van der Waals surface area (Å²) in [5.74, 6) is 0.788. The van der Waals surface area contributed by atoms with Gasteiger partial charge in [-0.2, -0.15) is 0 Å². The number of pyridine rings is 1. The van der Waals surface area contributed by atoms with Crippen LogP contribution in [0.2, 0.25) is 0 Å². The Morgan fingerprint density at radius 1 is 1.07 bits per heavy atom. The number of rotatable bonds is 4. The van der Waals surface area contributed by atoms with E-state index in [-0.39, 0.29) is 11.8 Å². The highest BCUT2D eigenvalue weighted by molar-refractivity contribution is 6.04. The van der Waals surface area contributed by atoms with Gasteiger partial charge in [0, 0.05) is 54.9 Å². The highest BCUT2D eigenvalue weighted by atomic mass is 16.1. The lowest BCUT2D eigenvalue weighted by Gasteiger charge is -2.23. The molecule has 4 rings (SSSR count). The quantitative estimate of drug-likeness (QED) is 0.737. The molecule has 2 aromatic heterocycles. The Hall–Kier alpha value is -3.02. The number of fused-ring (bicyclic) bond motifs is 1. The Kier molecular flexibility index (Phi) is 5.19. The molecule has 0 atom stereocenters. The second kappa shape index (κ2) is 7.92. The Labute approximate surface area is 165 Å². The minimum atomic E-state index is 0.0831. The summed E-state index contributed by atoms with van der Waals surface area (Å²) in [5.41, 5.74) is 2.71. The lowest BCUT2D eigenvalue weighted by Crippen LogP contribution is -2.26. The van der Waals surface area contributed by atoms with E-state index < -0.39 is 0 Å². The van der Waals surface area contributed by atoms with Gasteiger partial charge in [-0.05, 0) is 18.9 Å². The van der Waals surface area contributed by atoms with Gasteiger partial charge in [-0.25, -0.2) is 4.98 Å². The summed E-state index contributed by atoms with van der Waals surface area (Å²) in [6, 6.07) is 6.15. The van der Waals surface area contributed by atoms with Crippen LogP contribution in [0.25, 0.3) is 22.0 Å². The van der Waals surface area contributed by atoms with Crippen LogP contribution in [0.3, 0.4) is 0 Å². The van der Waals surface area contributed by atoms with Gasteiger partial charge < -0.3 is 10.2 Å². The molecule has 6 heteroatoms. The molecule has 0 aliphatic heterocycles. The largest absolute Gasteiger partial charge is 0.374 e. The van der Waals surface area contributed by atoms with Crippen LogP contribution in [0, 0.1) is 5.92 Å². The summed E-state index contributed by atoms with van der Waals surface area (Å²) >= 11 is 0. The average Bonchev–Trinajstić information content (AvgIpc) is 2.74. The number of hydrogen-bond donors (Lipinski definition) is 1. The second-order valence-corrected chi connectivity index (χ2v) is 7.57. The van der Waals surface area contributed by atoms with Gasteiger partial charge in [0.15, 0.2) is 5.82 Å². The van der Waals surface area contributed by atoms with Crippen molar-refractivity contribution < 1.29 is 4.79 Å². The van der Waals surface area contributed by atoms with Gasteiger partial charge >= 0.3 is 0 Å². The predicted molar refractivity (Wildman–Crippen MR) is 112 cm³/mol. The van der Waals surface area contributed by atoms with Crippen molar-refractivity contribution in [3.63, 3.8) is 0 Å². The number of nitrogens with one attached hydrogen (secondary N) is 1. The van der Waals surface area contributed by atoms with Crippen LogP contribution in [0.15, 0.2) is 43.0 Å². The number of anilines is 2. The van der Waals surface area contributed by atoms with Crippen molar-refractivity contribution in [3.05, 3.63) is 43.0 Å². The number of carbonyl (C=O) groups excluding carboxylic acids is 1. The molecule has 2 heterocycles. The van der Waals surface area contributed by atoms with E-state index in [2.05, 4.69) is 26.3 Å². The van der Waals surface area contributed by atoms with Crippen LogP contribution in [0.1, 0.15) is 32.1 Å². The van der Waals surface area contributed by atoms with E-state index in [1.54, 1.807) is 18.6 Å². The molecule has 1 amide bonds. The van der Waals surface area contributed by atoms with Gasteiger partial charge in [0.25, 0.3) is 0 Å². The summed E-state index contributed by atoms with van der Waals surface area (Å²) < 4.78 is 0. The third-order valence-corrected chi connectivity index (χ3v) is 5.39. The van der Waals surface area contributed by atoms with Gasteiger partial charge in [0.2, 0.25) is 5.91 Å². The van der Waals surface area contributed by atoms with Crippen LogP contribution in [-0.2, 0) is 4.79 Å². The maximum atomic E-state index is 12.8. The number of aromatic nitrogens is 3. The van der Waals surface area contributed by atoms with Crippen molar-refractivity contribution >= 4 is 28.2 Å². The van der Waals surface area contributed by atoms with Crippen LogP contribution >= 0.6 is 0 Å². The fourth-order valence-electron chi connectivity index (χ4n) is 3.93. The van der Waals surface area contributed by atoms with E-state index >= 15 is 0 Å². The van der Waals surface area contributed by atoms with E-state index in [4.69, 9.17) is 0 Å². The molecule has 0 radical (unpaired) electrons. The molecular formula is C22H25N5O. The standard InChI is InChI=1S/C22H25N5O/c1-27(2)20-18-12-16(19-14-23-10-11-24-19)8-9-17(18)13-25-21(20)26-22(28)15-6-4-3-5-7-15/h8-15H,3-7H2,1-2H3,(H,25,26,28). The third-order valence-electron chi connectivity index (χ3n) is 5.39. The number of carbonyl (C=O) groups is 1. The average molecular weight is 375 g/mol. The SMILES string of the molecule is CN(C)c1c(NC(=O)C2CCCCC2)ncc2ccc(-c3cnccn3)cc12.